The van der Waals surface area contributed by atoms with Gasteiger partial charge in [0.25, 0.3) is 0 Å². The van der Waals surface area contributed by atoms with Crippen LogP contribution in [0.1, 0.15) is 43.7 Å². The van der Waals surface area contributed by atoms with Crippen LogP contribution in [0.15, 0.2) is 72.8 Å². The zero-order valence-corrected chi connectivity index (χ0v) is 18.4. The Labute approximate surface area is 173 Å². The Morgan fingerprint density at radius 2 is 1.25 bits per heavy atom. The molecule has 0 amide bonds. The minimum atomic E-state index is 0.482. The summed E-state index contributed by atoms with van der Waals surface area (Å²) in [5, 5.41) is 0. The molecule has 0 bridgehead atoms. The number of rotatable bonds is 8. The van der Waals surface area contributed by atoms with Crippen LogP contribution in [0.5, 0.6) is 0 Å². The maximum absolute atomic E-state index is 2.47. The number of hydrogen-bond acceptors (Lipinski definition) is 0. The van der Waals surface area contributed by atoms with Gasteiger partial charge >= 0.3 is 0 Å². The third-order valence-electron chi connectivity index (χ3n) is 3.96. The van der Waals surface area contributed by atoms with Crippen LogP contribution < -0.4 is 0 Å². The van der Waals surface area contributed by atoms with Crippen molar-refractivity contribution in [3.8, 4) is 0 Å². The third-order valence-corrected chi connectivity index (χ3v) is 5.93. The molecule has 2 aromatic rings. The van der Waals surface area contributed by atoms with E-state index in [1.165, 1.54) is 44.0 Å². The Kier molecular flexibility index (Phi) is 9.10. The van der Waals surface area contributed by atoms with Crippen LogP contribution in [0.4, 0.5) is 0 Å². The highest BCUT2D eigenvalue weighted by Gasteiger charge is 2.07. The molecule has 2 rings (SSSR count). The molecule has 0 N–H and O–H groups in total. The maximum Gasteiger partial charge on any atom is 0.0168 e. The number of unbranched alkanes of at least 4 members (excludes halogenated alkanes) is 2. The van der Waals surface area contributed by atoms with Crippen molar-refractivity contribution in [2.45, 2.75) is 32.6 Å². The van der Waals surface area contributed by atoms with Crippen LogP contribution in [0, 0.1) is 5.92 Å². The molecular formula is C22H24I2. The first-order valence-electron chi connectivity index (χ1n) is 8.56. The second-order valence-corrected chi connectivity index (χ2v) is 8.25. The molecule has 1 unspecified atom stereocenters. The molecule has 126 valence electrons. The zero-order valence-electron chi connectivity index (χ0n) is 14.1. The summed E-state index contributed by atoms with van der Waals surface area (Å²) >= 11 is 4.95. The van der Waals surface area contributed by atoms with Gasteiger partial charge in [0.15, 0.2) is 0 Å². The molecule has 0 saturated heterocycles. The quantitative estimate of drug-likeness (QED) is 0.234. The lowest BCUT2D eigenvalue weighted by molar-refractivity contribution is 0.613. The summed E-state index contributed by atoms with van der Waals surface area (Å²) in [5.74, 6) is 0.482. The lowest BCUT2D eigenvalue weighted by Gasteiger charge is -2.11. The van der Waals surface area contributed by atoms with Gasteiger partial charge in [0, 0.05) is 7.16 Å². The molecule has 0 saturated carbocycles. The molecule has 0 nitrogen and oxygen atoms in total. The van der Waals surface area contributed by atoms with E-state index in [1.54, 1.807) is 0 Å². The van der Waals surface area contributed by atoms with E-state index >= 15 is 0 Å². The van der Waals surface area contributed by atoms with E-state index in [-0.39, 0.29) is 0 Å². The number of hydrogen-bond donors (Lipinski definition) is 0. The second-order valence-electron chi connectivity index (χ2n) is 5.92. The van der Waals surface area contributed by atoms with E-state index in [0.717, 1.165) is 0 Å². The summed E-state index contributed by atoms with van der Waals surface area (Å²) in [5.41, 5.74) is 2.61. The highest BCUT2D eigenvalue weighted by molar-refractivity contribution is 14.1. The summed E-state index contributed by atoms with van der Waals surface area (Å²) in [7, 11) is 0. The van der Waals surface area contributed by atoms with E-state index in [2.05, 4.69) is 125 Å². The lowest BCUT2D eigenvalue weighted by atomic mass is 9.98. The Hall–Kier alpha value is -0.620. The summed E-state index contributed by atoms with van der Waals surface area (Å²) in [4.78, 5) is 0. The van der Waals surface area contributed by atoms with E-state index in [1.807, 2.05) is 0 Å². The summed E-state index contributed by atoms with van der Waals surface area (Å²) < 4.78 is 2.67. The fourth-order valence-electron chi connectivity index (χ4n) is 2.61. The normalized spacial score (nSPS) is 13.8. The first-order valence-corrected chi connectivity index (χ1v) is 10.7. The average Bonchev–Trinajstić information content (AvgIpc) is 2.63. The summed E-state index contributed by atoms with van der Waals surface area (Å²) in [6.07, 6.45) is 9.92. The van der Waals surface area contributed by atoms with Crippen LogP contribution >= 0.6 is 45.2 Å². The monoisotopic (exact) mass is 542 g/mol. The van der Waals surface area contributed by atoms with Crippen molar-refractivity contribution < 1.29 is 0 Å². The number of halogens is 2. The largest absolute Gasteiger partial charge is 0.0654 e. The molecule has 24 heavy (non-hydrogen) atoms. The minimum absolute atomic E-state index is 0.482. The molecule has 0 aliphatic heterocycles. The first kappa shape index (κ1) is 19.7. The number of benzene rings is 2. The summed E-state index contributed by atoms with van der Waals surface area (Å²) in [6, 6.07) is 21.3. The van der Waals surface area contributed by atoms with E-state index in [0.29, 0.717) is 5.92 Å². The van der Waals surface area contributed by atoms with Crippen molar-refractivity contribution in [3.63, 3.8) is 0 Å². The van der Waals surface area contributed by atoms with E-state index < -0.39 is 0 Å². The maximum atomic E-state index is 2.47. The lowest BCUT2D eigenvalue weighted by Crippen LogP contribution is -1.95. The molecule has 2 heteroatoms. The molecule has 2 aromatic carbocycles. The van der Waals surface area contributed by atoms with Gasteiger partial charge in [-0.05, 0) is 68.6 Å². The molecule has 0 aromatic heterocycles. The predicted molar refractivity (Wildman–Crippen MR) is 125 cm³/mol. The average molecular weight is 542 g/mol. The van der Waals surface area contributed by atoms with Crippen LogP contribution in [-0.2, 0) is 0 Å². The molecule has 1 atom stereocenters. The smallest absolute Gasteiger partial charge is 0.0168 e. The predicted octanol–water partition coefficient (Wildman–Crippen LogP) is 8.14. The zero-order chi connectivity index (χ0) is 17.2. The molecule has 0 heterocycles. The molecule has 0 aliphatic carbocycles. The minimum Gasteiger partial charge on any atom is -0.0654 e. The van der Waals surface area contributed by atoms with Crippen LogP contribution in [0.2, 0.25) is 0 Å². The first-order chi connectivity index (χ1) is 11.7. The number of allylic oxidation sites excluding steroid dienone is 2. The fraction of sp³-hybridized carbons (Fsp3) is 0.273. The van der Waals surface area contributed by atoms with Gasteiger partial charge in [0.1, 0.15) is 0 Å². The van der Waals surface area contributed by atoms with Crippen molar-refractivity contribution in [3.05, 3.63) is 83.9 Å². The third kappa shape index (κ3) is 6.71. The summed E-state index contributed by atoms with van der Waals surface area (Å²) in [6.45, 7) is 2.27. The fourth-order valence-corrected chi connectivity index (χ4v) is 4.25. The molecule has 0 fully saturated rings. The van der Waals surface area contributed by atoms with Crippen molar-refractivity contribution >= 4 is 52.3 Å². The standard InChI is InChI=1S/C22H24I2/c1-2-3-6-11-18(16-21(23)19-12-7-4-8-13-19)17-22(24)20-14-9-5-10-15-20/h4-5,7-10,12-18H,2-3,6,11H2,1H3/b21-16-,22-17+. The van der Waals surface area contributed by atoms with Crippen LogP contribution in [0.3, 0.4) is 0 Å². The van der Waals surface area contributed by atoms with Gasteiger partial charge in [-0.3, -0.25) is 0 Å². The van der Waals surface area contributed by atoms with Gasteiger partial charge in [-0.2, -0.15) is 0 Å². The van der Waals surface area contributed by atoms with Crippen molar-refractivity contribution in [2.24, 2.45) is 5.92 Å². The molecule has 0 spiro atoms. The van der Waals surface area contributed by atoms with Gasteiger partial charge in [-0.15, -0.1) is 0 Å². The molecule has 0 radical (unpaired) electrons. The Morgan fingerprint density at radius 1 is 0.792 bits per heavy atom. The van der Waals surface area contributed by atoms with Gasteiger partial charge in [0.05, 0.1) is 0 Å². The highest BCUT2D eigenvalue weighted by atomic mass is 127. The van der Waals surface area contributed by atoms with Crippen molar-refractivity contribution in [1.82, 2.24) is 0 Å². The Morgan fingerprint density at radius 3 is 1.67 bits per heavy atom. The van der Waals surface area contributed by atoms with E-state index in [9.17, 15) is 0 Å². The van der Waals surface area contributed by atoms with Gasteiger partial charge in [0.2, 0.25) is 0 Å². The Bertz CT molecular complexity index is 601. The van der Waals surface area contributed by atoms with Crippen molar-refractivity contribution in [2.75, 3.05) is 0 Å². The van der Waals surface area contributed by atoms with Gasteiger partial charge in [-0.1, -0.05) is 99.0 Å². The van der Waals surface area contributed by atoms with E-state index in [4.69, 9.17) is 0 Å². The molecule has 0 aliphatic rings. The highest BCUT2D eigenvalue weighted by Crippen LogP contribution is 2.30. The van der Waals surface area contributed by atoms with Crippen molar-refractivity contribution in [1.29, 1.82) is 0 Å². The second kappa shape index (κ2) is 11.1. The SMILES string of the molecule is CCCCCC(/C=C(\I)c1ccccc1)/C=C(/I)c1ccccc1. The Balaban J connectivity index is 2.21. The van der Waals surface area contributed by atoms with Crippen LogP contribution in [0.25, 0.3) is 7.16 Å². The van der Waals surface area contributed by atoms with Crippen LogP contribution in [-0.4, -0.2) is 0 Å². The van der Waals surface area contributed by atoms with Gasteiger partial charge in [-0.25, -0.2) is 0 Å². The topological polar surface area (TPSA) is 0 Å². The molecular weight excluding hydrogens is 518 g/mol. The van der Waals surface area contributed by atoms with Gasteiger partial charge < -0.3 is 0 Å².